The van der Waals surface area contributed by atoms with E-state index < -0.39 is 0 Å². The zero-order valence-corrected chi connectivity index (χ0v) is 31.5. The van der Waals surface area contributed by atoms with Crippen molar-refractivity contribution in [2.75, 3.05) is 41.7 Å². The van der Waals surface area contributed by atoms with Crippen molar-refractivity contribution in [3.05, 3.63) is 64.9 Å². The van der Waals surface area contributed by atoms with Gasteiger partial charge in [-0.15, -0.1) is 0 Å². The number of fused-ring (bicyclic) bond motifs is 1. The first-order chi connectivity index (χ1) is 23.1. The van der Waals surface area contributed by atoms with Gasteiger partial charge in [-0.05, 0) is 108 Å². The van der Waals surface area contributed by atoms with Gasteiger partial charge >= 0.3 is 0 Å². The normalized spacial score (nSPS) is 15.4. The highest BCUT2D eigenvalue weighted by Crippen LogP contribution is 2.26. The number of benzene rings is 2. The van der Waals surface area contributed by atoms with Crippen LogP contribution in [-0.2, 0) is 6.54 Å². The highest BCUT2D eigenvalue weighted by Gasteiger charge is 2.21. The first-order valence-corrected chi connectivity index (χ1v) is 17.9. The SMILES string of the molecule is CC(C)n1cnc2c(NCc3ccc(Br)cc3)nc(NC3CCC(O)CC3)nc21.CCN(CC)CC.CCO.Oc1ccc(NCl)cc1. The van der Waals surface area contributed by atoms with Crippen LogP contribution in [0.1, 0.15) is 78.8 Å². The molecular formula is C35H54BrClN8O3. The van der Waals surface area contributed by atoms with Crippen molar-refractivity contribution in [2.24, 2.45) is 0 Å². The molecule has 0 saturated heterocycles. The third kappa shape index (κ3) is 14.1. The Morgan fingerprint density at radius 2 is 1.52 bits per heavy atom. The van der Waals surface area contributed by atoms with Crippen molar-refractivity contribution in [2.45, 2.75) is 92.0 Å². The molecular weight excluding hydrogens is 696 g/mol. The smallest absolute Gasteiger partial charge is 0.227 e. The number of hydrogen-bond donors (Lipinski definition) is 6. The topological polar surface area (TPSA) is 144 Å². The summed E-state index contributed by atoms with van der Waals surface area (Å²) in [5.74, 6) is 1.58. The Morgan fingerprint density at radius 3 is 2.02 bits per heavy atom. The molecule has 2 aromatic carbocycles. The van der Waals surface area contributed by atoms with Gasteiger partial charge in [-0.3, -0.25) is 4.84 Å². The summed E-state index contributed by atoms with van der Waals surface area (Å²) in [5.41, 5.74) is 3.54. The number of aromatic nitrogens is 4. The van der Waals surface area contributed by atoms with Crippen LogP contribution in [0, 0.1) is 0 Å². The van der Waals surface area contributed by atoms with Gasteiger partial charge in [0.15, 0.2) is 17.0 Å². The molecule has 0 unspecified atom stereocenters. The first-order valence-electron chi connectivity index (χ1n) is 16.7. The van der Waals surface area contributed by atoms with Gasteiger partial charge < -0.3 is 35.4 Å². The Balaban J connectivity index is 0.000000344. The quantitative estimate of drug-likeness (QED) is 0.0702. The molecule has 0 radical (unpaired) electrons. The number of rotatable bonds is 10. The molecule has 0 atom stereocenters. The molecule has 2 aromatic heterocycles. The molecule has 266 valence electrons. The third-order valence-electron chi connectivity index (χ3n) is 7.70. The standard InChI is InChI=1S/C21H27BrN6O.C6H6ClNO.C6H15N.C2H6O/c1-13(2)28-12-24-18-19(23-11-14-3-5-15(22)6-4-14)26-21(27-20(18)28)25-16-7-9-17(29)10-8-16;7-8-5-1-3-6(9)4-2-5;1-4-7(5-2)6-3;1-2-3/h3-6,12-13,16-17,29H,7-11H2,1-2H3,(H2,23,25,26,27);1-4,8-9H;4-6H2,1-3H3;3H,2H2,1H3. The van der Waals surface area contributed by atoms with Crippen molar-refractivity contribution in [3.63, 3.8) is 0 Å². The molecule has 6 N–H and O–H groups in total. The number of nitrogens with one attached hydrogen (secondary N) is 3. The maximum Gasteiger partial charge on any atom is 0.227 e. The zero-order chi connectivity index (χ0) is 35.5. The van der Waals surface area contributed by atoms with Crippen LogP contribution in [0.2, 0.25) is 0 Å². The predicted molar refractivity (Wildman–Crippen MR) is 203 cm³/mol. The summed E-state index contributed by atoms with van der Waals surface area (Å²) in [4.78, 5) is 18.9. The summed E-state index contributed by atoms with van der Waals surface area (Å²) in [6, 6.07) is 15.2. The summed E-state index contributed by atoms with van der Waals surface area (Å²) in [6.45, 7) is 16.9. The highest BCUT2D eigenvalue weighted by molar-refractivity contribution is 9.10. The van der Waals surface area contributed by atoms with E-state index in [2.05, 4.69) is 92.6 Å². The largest absolute Gasteiger partial charge is 0.508 e. The van der Waals surface area contributed by atoms with Crippen LogP contribution >= 0.6 is 27.7 Å². The van der Waals surface area contributed by atoms with Crippen LogP contribution in [-0.4, -0.2) is 78.1 Å². The lowest BCUT2D eigenvalue weighted by atomic mass is 9.93. The van der Waals surface area contributed by atoms with Crippen LogP contribution in [0.3, 0.4) is 0 Å². The lowest BCUT2D eigenvalue weighted by Gasteiger charge is -2.26. The van der Waals surface area contributed by atoms with Gasteiger partial charge in [0.25, 0.3) is 0 Å². The van der Waals surface area contributed by atoms with Crippen LogP contribution < -0.4 is 15.5 Å². The molecule has 11 nitrogen and oxygen atoms in total. The van der Waals surface area contributed by atoms with Crippen molar-refractivity contribution < 1.29 is 15.3 Å². The van der Waals surface area contributed by atoms with E-state index in [-0.39, 0.29) is 30.5 Å². The zero-order valence-electron chi connectivity index (χ0n) is 29.1. The molecule has 0 aliphatic heterocycles. The number of anilines is 3. The second kappa shape index (κ2) is 22.5. The number of hydrogen-bond acceptors (Lipinski definition) is 10. The highest BCUT2D eigenvalue weighted by atomic mass is 79.9. The Kier molecular flexibility index (Phi) is 19.2. The molecule has 1 fully saturated rings. The van der Waals surface area contributed by atoms with E-state index in [0.29, 0.717) is 12.5 Å². The Hall–Kier alpha value is -3.16. The van der Waals surface area contributed by atoms with Crippen LogP contribution in [0.5, 0.6) is 5.75 Å². The second-order valence-electron chi connectivity index (χ2n) is 11.5. The Morgan fingerprint density at radius 1 is 0.938 bits per heavy atom. The molecule has 0 spiro atoms. The van der Waals surface area contributed by atoms with Crippen molar-refractivity contribution in [1.82, 2.24) is 24.4 Å². The molecule has 1 saturated carbocycles. The summed E-state index contributed by atoms with van der Waals surface area (Å²) in [5, 5.41) is 33.0. The summed E-state index contributed by atoms with van der Waals surface area (Å²) < 4.78 is 3.13. The van der Waals surface area contributed by atoms with Gasteiger partial charge in [-0.1, -0.05) is 48.8 Å². The summed E-state index contributed by atoms with van der Waals surface area (Å²) >= 11 is 8.72. The van der Waals surface area contributed by atoms with Gasteiger partial charge in [-0.25, -0.2) is 4.98 Å². The van der Waals surface area contributed by atoms with Gasteiger partial charge in [-0.2, -0.15) is 9.97 Å². The van der Waals surface area contributed by atoms with Gasteiger partial charge in [0.2, 0.25) is 5.95 Å². The van der Waals surface area contributed by atoms with Crippen molar-refractivity contribution in [1.29, 1.82) is 0 Å². The van der Waals surface area contributed by atoms with Gasteiger partial charge in [0.1, 0.15) is 5.75 Å². The van der Waals surface area contributed by atoms with Crippen LogP contribution in [0.4, 0.5) is 17.5 Å². The fourth-order valence-electron chi connectivity index (χ4n) is 4.87. The summed E-state index contributed by atoms with van der Waals surface area (Å²) in [6.07, 6.45) is 5.13. The molecule has 4 aromatic rings. The number of phenolic OH excluding ortho intramolecular Hbond substituents is 1. The van der Waals surface area contributed by atoms with Crippen molar-refractivity contribution in [3.8, 4) is 5.75 Å². The van der Waals surface area contributed by atoms with E-state index in [9.17, 15) is 5.11 Å². The van der Waals surface area contributed by atoms with E-state index in [1.54, 1.807) is 31.2 Å². The molecule has 13 heteroatoms. The number of aromatic hydroxyl groups is 1. The average Bonchev–Trinajstić information content (AvgIpc) is 3.52. The summed E-state index contributed by atoms with van der Waals surface area (Å²) in [7, 11) is 0. The Bertz CT molecular complexity index is 1420. The number of imidazole rings is 1. The number of aliphatic hydroxyl groups is 2. The second-order valence-corrected chi connectivity index (χ2v) is 12.6. The average molecular weight is 750 g/mol. The molecule has 1 aliphatic carbocycles. The minimum absolute atomic E-state index is 0.179. The third-order valence-corrected chi connectivity index (χ3v) is 8.45. The lowest BCUT2D eigenvalue weighted by molar-refractivity contribution is 0.126. The molecule has 1 aliphatic rings. The van der Waals surface area contributed by atoms with E-state index in [1.807, 2.05) is 18.5 Å². The number of halogens is 2. The monoisotopic (exact) mass is 748 g/mol. The lowest BCUT2D eigenvalue weighted by Crippen LogP contribution is -2.29. The predicted octanol–water partition coefficient (Wildman–Crippen LogP) is 7.80. The van der Waals surface area contributed by atoms with E-state index >= 15 is 0 Å². The molecule has 5 rings (SSSR count). The minimum Gasteiger partial charge on any atom is -0.508 e. The minimum atomic E-state index is -0.179. The molecule has 0 amide bonds. The number of phenols is 1. The molecule has 0 bridgehead atoms. The fourth-order valence-corrected chi connectivity index (χ4v) is 5.26. The van der Waals surface area contributed by atoms with E-state index in [4.69, 9.17) is 32.0 Å². The fraction of sp³-hybridized carbons (Fsp3) is 0.514. The number of aliphatic hydroxyl groups excluding tert-OH is 2. The van der Waals surface area contributed by atoms with E-state index in [1.165, 1.54) is 25.2 Å². The number of nitrogens with zero attached hydrogens (tertiary/aromatic N) is 5. The molecule has 2 heterocycles. The van der Waals surface area contributed by atoms with Crippen LogP contribution in [0.25, 0.3) is 11.2 Å². The first kappa shape index (κ1) is 41.0. The maximum absolute atomic E-state index is 9.76. The van der Waals surface area contributed by atoms with Gasteiger partial charge in [0, 0.05) is 47.2 Å². The van der Waals surface area contributed by atoms with Crippen LogP contribution in [0.15, 0.2) is 59.3 Å². The molecule has 48 heavy (non-hydrogen) atoms. The van der Waals surface area contributed by atoms with Crippen molar-refractivity contribution >= 4 is 56.3 Å². The van der Waals surface area contributed by atoms with E-state index in [0.717, 1.165) is 52.8 Å². The maximum atomic E-state index is 9.76. The van der Waals surface area contributed by atoms with Gasteiger partial charge in [0.05, 0.1) is 12.4 Å². The Labute approximate surface area is 299 Å².